The second-order valence-corrected chi connectivity index (χ2v) is 6.22. The van der Waals surface area contributed by atoms with Gasteiger partial charge in [-0.25, -0.2) is 9.97 Å². The fraction of sp³-hybridized carbons (Fsp3) is 0.333. The van der Waals surface area contributed by atoms with Gasteiger partial charge in [0.1, 0.15) is 5.82 Å². The van der Waals surface area contributed by atoms with Gasteiger partial charge in [0.05, 0.1) is 28.8 Å². The van der Waals surface area contributed by atoms with Crippen LogP contribution in [0.25, 0.3) is 11.0 Å². The van der Waals surface area contributed by atoms with Crippen molar-refractivity contribution in [2.45, 2.75) is 26.8 Å². The van der Waals surface area contributed by atoms with Crippen molar-refractivity contribution in [2.24, 2.45) is 0 Å². The van der Waals surface area contributed by atoms with Crippen molar-refractivity contribution in [3.63, 3.8) is 0 Å². The van der Waals surface area contributed by atoms with E-state index in [1.807, 2.05) is 5.51 Å². The Hall–Kier alpha value is -1.39. The predicted octanol–water partition coefficient (Wildman–Crippen LogP) is 3.94. The molecule has 2 aromatic heterocycles. The lowest BCUT2D eigenvalue weighted by Gasteiger charge is -2.07. The third-order valence-corrected chi connectivity index (χ3v) is 4.56. The van der Waals surface area contributed by atoms with E-state index in [9.17, 15) is 0 Å². The van der Waals surface area contributed by atoms with Gasteiger partial charge in [-0.15, -0.1) is 22.9 Å². The molecule has 0 aliphatic carbocycles. The maximum atomic E-state index is 5.92. The fourth-order valence-electron chi connectivity index (χ4n) is 2.36. The third-order valence-electron chi connectivity index (χ3n) is 3.45. The SMILES string of the molecule is Cc1ccc2c(c1)nc(CCCl)n2Cc1scnc1C. The third kappa shape index (κ3) is 2.45. The molecule has 0 aliphatic rings. The van der Waals surface area contributed by atoms with Gasteiger partial charge < -0.3 is 4.57 Å². The zero-order valence-electron chi connectivity index (χ0n) is 11.6. The standard InChI is InChI=1S/C15H16ClN3S/c1-10-3-4-13-12(7-10)18-15(5-6-16)19(13)8-14-11(2)17-9-20-14/h3-4,7,9H,5-6,8H2,1-2H3. The van der Waals surface area contributed by atoms with E-state index in [1.54, 1.807) is 11.3 Å². The van der Waals surface area contributed by atoms with Gasteiger partial charge in [-0.1, -0.05) is 6.07 Å². The average molecular weight is 306 g/mol. The van der Waals surface area contributed by atoms with Gasteiger partial charge in [0, 0.05) is 17.2 Å². The maximum Gasteiger partial charge on any atom is 0.111 e. The van der Waals surface area contributed by atoms with Crippen LogP contribution >= 0.6 is 22.9 Å². The summed E-state index contributed by atoms with van der Waals surface area (Å²) in [5.74, 6) is 1.64. The first-order valence-electron chi connectivity index (χ1n) is 6.59. The summed E-state index contributed by atoms with van der Waals surface area (Å²) in [5.41, 5.74) is 6.44. The Morgan fingerprint density at radius 2 is 2.15 bits per heavy atom. The lowest BCUT2D eigenvalue weighted by molar-refractivity contribution is 0.758. The van der Waals surface area contributed by atoms with Crippen LogP contribution in [0.3, 0.4) is 0 Å². The number of alkyl halides is 1. The van der Waals surface area contributed by atoms with Crippen molar-refractivity contribution in [3.8, 4) is 0 Å². The molecule has 0 N–H and O–H groups in total. The van der Waals surface area contributed by atoms with Crippen LogP contribution in [0.1, 0.15) is 22.0 Å². The van der Waals surface area contributed by atoms with E-state index in [2.05, 4.69) is 41.6 Å². The van der Waals surface area contributed by atoms with E-state index in [4.69, 9.17) is 16.6 Å². The van der Waals surface area contributed by atoms with Gasteiger partial charge in [-0.2, -0.15) is 0 Å². The molecule has 3 nitrogen and oxygen atoms in total. The maximum absolute atomic E-state index is 5.92. The molecule has 0 saturated heterocycles. The molecule has 3 rings (SSSR count). The summed E-state index contributed by atoms with van der Waals surface area (Å²) in [4.78, 5) is 10.3. The average Bonchev–Trinajstić information content (AvgIpc) is 2.96. The number of thiazole rings is 1. The molecular weight excluding hydrogens is 290 g/mol. The number of halogens is 1. The number of aryl methyl sites for hydroxylation is 3. The van der Waals surface area contributed by atoms with Crippen LogP contribution in [0.2, 0.25) is 0 Å². The molecule has 5 heteroatoms. The lowest BCUT2D eigenvalue weighted by Crippen LogP contribution is -2.05. The Labute approximate surface area is 127 Å². The highest BCUT2D eigenvalue weighted by molar-refractivity contribution is 7.09. The van der Waals surface area contributed by atoms with Crippen LogP contribution < -0.4 is 0 Å². The van der Waals surface area contributed by atoms with Gasteiger partial charge >= 0.3 is 0 Å². The number of hydrogen-bond donors (Lipinski definition) is 0. The molecule has 3 aromatic rings. The Morgan fingerprint density at radius 1 is 1.30 bits per heavy atom. The lowest BCUT2D eigenvalue weighted by atomic mass is 10.2. The fourth-order valence-corrected chi connectivity index (χ4v) is 3.30. The minimum absolute atomic E-state index is 0.587. The van der Waals surface area contributed by atoms with Crippen molar-refractivity contribution in [1.29, 1.82) is 0 Å². The van der Waals surface area contributed by atoms with Crippen molar-refractivity contribution in [1.82, 2.24) is 14.5 Å². The molecule has 104 valence electrons. The van der Waals surface area contributed by atoms with Crippen molar-refractivity contribution < 1.29 is 0 Å². The van der Waals surface area contributed by atoms with E-state index in [0.717, 1.165) is 30.0 Å². The number of nitrogens with zero attached hydrogens (tertiary/aromatic N) is 3. The second kappa shape index (κ2) is 5.54. The highest BCUT2D eigenvalue weighted by Crippen LogP contribution is 2.22. The molecular formula is C15H16ClN3S. The van der Waals surface area contributed by atoms with Gasteiger partial charge in [0.2, 0.25) is 0 Å². The number of imidazole rings is 1. The molecule has 0 atom stereocenters. The van der Waals surface area contributed by atoms with Crippen LogP contribution in [0, 0.1) is 13.8 Å². The van der Waals surface area contributed by atoms with E-state index in [-0.39, 0.29) is 0 Å². The first kappa shape index (κ1) is 13.6. The van der Waals surface area contributed by atoms with Crippen molar-refractivity contribution >= 4 is 34.0 Å². The number of aromatic nitrogens is 3. The van der Waals surface area contributed by atoms with Crippen LogP contribution in [-0.2, 0) is 13.0 Å². The summed E-state index contributed by atoms with van der Waals surface area (Å²) >= 11 is 7.61. The highest BCUT2D eigenvalue weighted by Gasteiger charge is 2.12. The molecule has 20 heavy (non-hydrogen) atoms. The summed E-state index contributed by atoms with van der Waals surface area (Å²) in [6.07, 6.45) is 0.785. The van der Waals surface area contributed by atoms with E-state index in [1.165, 1.54) is 16.0 Å². The minimum atomic E-state index is 0.587. The molecule has 0 aliphatic heterocycles. The van der Waals surface area contributed by atoms with Gasteiger partial charge in [-0.3, -0.25) is 0 Å². The number of benzene rings is 1. The second-order valence-electron chi connectivity index (χ2n) is 4.91. The number of rotatable bonds is 4. The summed E-state index contributed by atoms with van der Waals surface area (Å²) in [6, 6.07) is 6.40. The highest BCUT2D eigenvalue weighted by atomic mass is 35.5. The number of fused-ring (bicyclic) bond motifs is 1. The van der Waals surface area contributed by atoms with Crippen LogP contribution in [0.4, 0.5) is 0 Å². The first-order chi connectivity index (χ1) is 9.69. The molecule has 0 amide bonds. The largest absolute Gasteiger partial charge is 0.323 e. The zero-order valence-corrected chi connectivity index (χ0v) is 13.1. The minimum Gasteiger partial charge on any atom is -0.323 e. The molecule has 0 saturated carbocycles. The van der Waals surface area contributed by atoms with Crippen LogP contribution in [0.5, 0.6) is 0 Å². The monoisotopic (exact) mass is 305 g/mol. The molecule has 1 aromatic carbocycles. The van der Waals surface area contributed by atoms with Gasteiger partial charge in [0.15, 0.2) is 0 Å². The summed E-state index contributed by atoms with van der Waals surface area (Å²) in [7, 11) is 0. The topological polar surface area (TPSA) is 30.7 Å². The first-order valence-corrected chi connectivity index (χ1v) is 8.01. The molecule has 0 bridgehead atoms. The molecule has 0 radical (unpaired) electrons. The zero-order chi connectivity index (χ0) is 14.1. The summed E-state index contributed by atoms with van der Waals surface area (Å²) in [5, 5.41) is 0. The molecule has 2 heterocycles. The van der Waals surface area contributed by atoms with E-state index in [0.29, 0.717) is 5.88 Å². The van der Waals surface area contributed by atoms with Gasteiger partial charge in [-0.05, 0) is 31.5 Å². The Balaban J connectivity index is 2.11. The normalized spacial score (nSPS) is 11.3. The van der Waals surface area contributed by atoms with E-state index >= 15 is 0 Å². The smallest absolute Gasteiger partial charge is 0.111 e. The summed E-state index contributed by atoms with van der Waals surface area (Å²) in [6.45, 7) is 4.96. The molecule has 0 unspecified atom stereocenters. The number of hydrogen-bond acceptors (Lipinski definition) is 3. The van der Waals surface area contributed by atoms with Gasteiger partial charge in [0.25, 0.3) is 0 Å². The van der Waals surface area contributed by atoms with Crippen molar-refractivity contribution in [2.75, 3.05) is 5.88 Å². The Bertz CT molecular complexity index is 745. The quantitative estimate of drug-likeness (QED) is 0.684. The van der Waals surface area contributed by atoms with Crippen molar-refractivity contribution in [3.05, 3.63) is 45.7 Å². The van der Waals surface area contributed by atoms with E-state index < -0.39 is 0 Å². The summed E-state index contributed by atoms with van der Waals surface area (Å²) < 4.78 is 2.26. The Morgan fingerprint density at radius 3 is 2.85 bits per heavy atom. The Kier molecular flexibility index (Phi) is 3.76. The molecule has 0 fully saturated rings. The molecule has 0 spiro atoms. The predicted molar refractivity (Wildman–Crippen MR) is 84.8 cm³/mol. The van der Waals surface area contributed by atoms with Crippen LogP contribution in [0.15, 0.2) is 23.7 Å². The van der Waals surface area contributed by atoms with Crippen LogP contribution in [-0.4, -0.2) is 20.4 Å².